The average molecular weight is 472 g/mol. The van der Waals surface area contributed by atoms with Crippen molar-refractivity contribution in [3.63, 3.8) is 0 Å². The van der Waals surface area contributed by atoms with Gasteiger partial charge in [-0.3, -0.25) is 14.6 Å². The number of aryl methyl sites for hydroxylation is 1. The maximum atomic E-state index is 13.1. The summed E-state index contributed by atoms with van der Waals surface area (Å²) < 4.78 is 0. The number of nitrogens with one attached hydrogen (secondary N) is 3. The fraction of sp³-hybridized carbons (Fsp3) is 0.0345. The molecule has 0 saturated heterocycles. The molecule has 7 heteroatoms. The van der Waals surface area contributed by atoms with E-state index in [1.165, 1.54) is 0 Å². The second kappa shape index (κ2) is 9.57. The van der Waals surface area contributed by atoms with Crippen LogP contribution in [0.15, 0.2) is 95.8 Å². The number of nitriles is 1. The van der Waals surface area contributed by atoms with Crippen molar-refractivity contribution in [2.24, 2.45) is 0 Å². The number of carbonyl (C=O) groups excluding carboxylic acids is 1. The normalized spacial score (nSPS) is 10.6. The molecule has 1 heterocycles. The van der Waals surface area contributed by atoms with E-state index in [2.05, 4.69) is 20.6 Å². The Balaban J connectivity index is 1.48. The third kappa shape index (κ3) is 4.56. The number of aromatic nitrogens is 2. The molecule has 0 bridgehead atoms. The quantitative estimate of drug-likeness (QED) is 0.302. The van der Waals surface area contributed by atoms with E-state index in [1.54, 1.807) is 30.3 Å². The minimum atomic E-state index is -0.553. The van der Waals surface area contributed by atoms with Crippen LogP contribution in [-0.4, -0.2) is 15.9 Å². The number of rotatable bonds is 5. The number of aromatic amines is 1. The third-order valence-corrected chi connectivity index (χ3v) is 5.77. The molecule has 5 aromatic rings. The van der Waals surface area contributed by atoms with Crippen LogP contribution in [0.4, 0.5) is 17.3 Å². The molecule has 0 aliphatic heterocycles. The molecule has 0 unspecified atom stereocenters. The molecule has 0 fully saturated rings. The molecule has 1 amide bonds. The Morgan fingerprint density at radius 3 is 2.47 bits per heavy atom. The Morgan fingerprint density at radius 1 is 0.917 bits per heavy atom. The summed E-state index contributed by atoms with van der Waals surface area (Å²) in [5.74, 6) is -0.0481. The standard InChI is InChI=1S/C29H21N5O2/c1-18-12-14-21(15-13-18)32-29-33-26(25(17-30)28(36)34-29)20-8-4-9-22(16-20)31-27(35)24-11-5-7-19-6-2-3-10-23(19)24/h2-16H,1H3,(H,31,35)(H2,32,33,34,36). The smallest absolute Gasteiger partial charge is 0.270 e. The van der Waals surface area contributed by atoms with Crippen LogP contribution in [0.3, 0.4) is 0 Å². The summed E-state index contributed by atoms with van der Waals surface area (Å²) in [4.78, 5) is 32.9. The van der Waals surface area contributed by atoms with Crippen LogP contribution in [0.5, 0.6) is 0 Å². The van der Waals surface area contributed by atoms with Gasteiger partial charge in [0.05, 0.1) is 5.69 Å². The molecule has 0 aliphatic carbocycles. The van der Waals surface area contributed by atoms with Crippen molar-refractivity contribution < 1.29 is 4.79 Å². The van der Waals surface area contributed by atoms with Crippen LogP contribution in [0, 0.1) is 18.3 Å². The van der Waals surface area contributed by atoms with Crippen molar-refractivity contribution in [1.29, 1.82) is 5.26 Å². The Morgan fingerprint density at radius 2 is 1.67 bits per heavy atom. The first-order valence-corrected chi connectivity index (χ1v) is 11.3. The van der Waals surface area contributed by atoms with Gasteiger partial charge in [0.1, 0.15) is 11.6 Å². The summed E-state index contributed by atoms with van der Waals surface area (Å²) >= 11 is 0. The summed E-state index contributed by atoms with van der Waals surface area (Å²) in [5.41, 5.74) is 3.00. The van der Waals surface area contributed by atoms with Gasteiger partial charge in [-0.15, -0.1) is 0 Å². The Labute approximate surface area is 207 Å². The molecule has 1 aromatic heterocycles. The number of anilines is 3. The van der Waals surface area contributed by atoms with E-state index < -0.39 is 5.56 Å². The van der Waals surface area contributed by atoms with Gasteiger partial charge in [-0.25, -0.2) is 4.98 Å². The number of H-pyrrole nitrogens is 1. The largest absolute Gasteiger partial charge is 0.326 e. The summed E-state index contributed by atoms with van der Waals surface area (Å²) in [5, 5.41) is 17.5. The molecule has 3 N–H and O–H groups in total. The number of nitrogens with zero attached hydrogens (tertiary/aromatic N) is 2. The van der Waals surface area contributed by atoms with Crippen molar-refractivity contribution in [1.82, 2.24) is 9.97 Å². The molecule has 4 aromatic carbocycles. The fourth-order valence-electron chi connectivity index (χ4n) is 3.98. The van der Waals surface area contributed by atoms with Crippen LogP contribution in [0.2, 0.25) is 0 Å². The number of hydrogen-bond acceptors (Lipinski definition) is 5. The predicted molar refractivity (Wildman–Crippen MR) is 141 cm³/mol. The first kappa shape index (κ1) is 22.6. The van der Waals surface area contributed by atoms with Crippen molar-refractivity contribution in [3.05, 3.63) is 118 Å². The lowest BCUT2D eigenvalue weighted by atomic mass is 10.0. The summed E-state index contributed by atoms with van der Waals surface area (Å²) in [6.45, 7) is 1.98. The number of amides is 1. The van der Waals surface area contributed by atoms with Gasteiger partial charge in [0, 0.05) is 22.5 Å². The van der Waals surface area contributed by atoms with Crippen molar-refractivity contribution in [3.8, 4) is 17.3 Å². The highest BCUT2D eigenvalue weighted by atomic mass is 16.1. The number of benzene rings is 4. The molecular weight excluding hydrogens is 450 g/mol. The van der Waals surface area contributed by atoms with Crippen molar-refractivity contribution in [2.45, 2.75) is 6.92 Å². The molecular formula is C29H21N5O2. The average Bonchev–Trinajstić information content (AvgIpc) is 2.89. The highest BCUT2D eigenvalue weighted by molar-refractivity contribution is 6.13. The topological polar surface area (TPSA) is 111 Å². The zero-order chi connectivity index (χ0) is 25.1. The minimum absolute atomic E-state index is 0.109. The van der Waals surface area contributed by atoms with E-state index in [0.717, 1.165) is 22.0 Å². The maximum absolute atomic E-state index is 13.1. The molecule has 174 valence electrons. The Hall–Kier alpha value is -5.22. The van der Waals surface area contributed by atoms with Gasteiger partial charge in [0.2, 0.25) is 5.95 Å². The number of hydrogen-bond donors (Lipinski definition) is 3. The van der Waals surface area contributed by atoms with Gasteiger partial charge in [-0.1, -0.05) is 66.2 Å². The van der Waals surface area contributed by atoms with E-state index in [-0.39, 0.29) is 23.1 Å². The van der Waals surface area contributed by atoms with E-state index in [9.17, 15) is 14.9 Å². The van der Waals surface area contributed by atoms with Gasteiger partial charge in [-0.05, 0) is 48.0 Å². The molecule has 7 nitrogen and oxygen atoms in total. The van der Waals surface area contributed by atoms with Crippen molar-refractivity contribution >= 4 is 34.0 Å². The maximum Gasteiger partial charge on any atom is 0.270 e. The highest BCUT2D eigenvalue weighted by Gasteiger charge is 2.15. The fourth-order valence-corrected chi connectivity index (χ4v) is 3.98. The second-order valence-corrected chi connectivity index (χ2v) is 8.30. The van der Waals surface area contributed by atoms with E-state index in [1.807, 2.05) is 73.7 Å². The number of fused-ring (bicyclic) bond motifs is 1. The summed E-state index contributed by atoms with van der Waals surface area (Å²) in [6.07, 6.45) is 0. The van der Waals surface area contributed by atoms with E-state index in [0.29, 0.717) is 16.8 Å². The zero-order valence-corrected chi connectivity index (χ0v) is 19.4. The molecule has 0 saturated carbocycles. The van der Waals surface area contributed by atoms with Crippen LogP contribution in [-0.2, 0) is 0 Å². The monoisotopic (exact) mass is 471 g/mol. The number of carbonyl (C=O) groups is 1. The predicted octanol–water partition coefficient (Wildman–Crippen LogP) is 5.77. The lowest BCUT2D eigenvalue weighted by Gasteiger charge is -2.11. The third-order valence-electron chi connectivity index (χ3n) is 5.77. The molecule has 0 atom stereocenters. The lowest BCUT2D eigenvalue weighted by molar-refractivity contribution is 0.102. The molecule has 0 radical (unpaired) electrons. The Kier molecular flexibility index (Phi) is 6.00. The molecule has 5 rings (SSSR count). The highest BCUT2D eigenvalue weighted by Crippen LogP contribution is 2.26. The molecule has 0 spiro atoms. The van der Waals surface area contributed by atoms with Gasteiger partial charge in [-0.2, -0.15) is 5.26 Å². The van der Waals surface area contributed by atoms with E-state index >= 15 is 0 Å². The Bertz CT molecular complexity index is 1690. The first-order valence-electron chi connectivity index (χ1n) is 11.3. The summed E-state index contributed by atoms with van der Waals surface area (Å²) in [7, 11) is 0. The van der Waals surface area contributed by atoms with Gasteiger partial charge in [0.25, 0.3) is 11.5 Å². The lowest BCUT2D eigenvalue weighted by Crippen LogP contribution is -2.16. The molecule has 0 aliphatic rings. The van der Waals surface area contributed by atoms with Gasteiger partial charge >= 0.3 is 0 Å². The van der Waals surface area contributed by atoms with Crippen LogP contribution >= 0.6 is 0 Å². The van der Waals surface area contributed by atoms with Crippen LogP contribution in [0.1, 0.15) is 21.5 Å². The first-order chi connectivity index (χ1) is 17.5. The van der Waals surface area contributed by atoms with Gasteiger partial charge in [0.15, 0.2) is 0 Å². The van der Waals surface area contributed by atoms with Crippen LogP contribution < -0.4 is 16.2 Å². The van der Waals surface area contributed by atoms with Crippen molar-refractivity contribution in [2.75, 3.05) is 10.6 Å². The van der Waals surface area contributed by atoms with Gasteiger partial charge < -0.3 is 10.6 Å². The van der Waals surface area contributed by atoms with E-state index in [4.69, 9.17) is 0 Å². The zero-order valence-electron chi connectivity index (χ0n) is 19.4. The molecule has 36 heavy (non-hydrogen) atoms. The SMILES string of the molecule is Cc1ccc(Nc2nc(-c3cccc(NC(=O)c4cccc5ccccc45)c3)c(C#N)c(=O)[nH]2)cc1. The van der Waals surface area contributed by atoms with Crippen LogP contribution in [0.25, 0.3) is 22.0 Å². The second-order valence-electron chi connectivity index (χ2n) is 8.30. The summed E-state index contributed by atoms with van der Waals surface area (Å²) in [6, 6.07) is 29.7. The minimum Gasteiger partial charge on any atom is -0.326 e.